The number of aliphatic imine (C=N–C) groups is 1. The first kappa shape index (κ1) is 17.3. The third-order valence-electron chi connectivity index (χ3n) is 3.57. The highest BCUT2D eigenvalue weighted by Gasteiger charge is 2.03. The second-order valence-electron chi connectivity index (χ2n) is 5.33. The van der Waals surface area contributed by atoms with Crippen LogP contribution in [-0.2, 0) is 12.8 Å². The van der Waals surface area contributed by atoms with E-state index in [0.29, 0.717) is 0 Å². The lowest BCUT2D eigenvalue weighted by Gasteiger charge is -2.07. The zero-order valence-electron chi connectivity index (χ0n) is 13.2. The Morgan fingerprint density at radius 1 is 1.09 bits per heavy atom. The van der Waals surface area contributed by atoms with Crippen molar-refractivity contribution in [2.75, 3.05) is 6.61 Å². The molecule has 0 aromatic heterocycles. The van der Waals surface area contributed by atoms with Gasteiger partial charge in [0.2, 0.25) is 0 Å². The van der Waals surface area contributed by atoms with E-state index in [9.17, 15) is 4.39 Å². The molecule has 2 rings (SSSR count). The van der Waals surface area contributed by atoms with E-state index in [0.717, 1.165) is 43.6 Å². The number of hydrogen-bond acceptors (Lipinski definition) is 3. The minimum atomic E-state index is -0.362. The number of unbranched alkanes of at least 4 members (excludes halogenated alkanes) is 1. The van der Waals surface area contributed by atoms with Gasteiger partial charge in [-0.05, 0) is 66.9 Å². The van der Waals surface area contributed by atoms with E-state index in [1.54, 1.807) is 6.07 Å². The van der Waals surface area contributed by atoms with Crippen molar-refractivity contribution in [2.24, 2.45) is 4.99 Å². The van der Waals surface area contributed by atoms with E-state index >= 15 is 0 Å². The fraction of sp³-hybridized carbons (Fsp3) is 0.316. The first-order valence-electron chi connectivity index (χ1n) is 7.81. The summed E-state index contributed by atoms with van der Waals surface area (Å²) in [5.74, 6) is 0.537. The number of nitrogens with zero attached hydrogens (tertiary/aromatic N) is 1. The van der Waals surface area contributed by atoms with Crippen molar-refractivity contribution in [1.82, 2.24) is 0 Å². The van der Waals surface area contributed by atoms with E-state index in [1.807, 2.05) is 18.2 Å². The lowest BCUT2D eigenvalue weighted by atomic mass is 10.0. The normalized spacial score (nSPS) is 10.2. The molecule has 0 amide bonds. The SMILES string of the molecule is CCCCOc1ccc(CCc2ccc(N=C=S)c(F)c2)cc1. The van der Waals surface area contributed by atoms with Gasteiger partial charge in [0, 0.05) is 0 Å². The predicted octanol–water partition coefficient (Wildman–Crippen LogP) is 5.52. The number of thiocarbonyl (C=S) groups is 1. The van der Waals surface area contributed by atoms with Gasteiger partial charge in [-0.2, -0.15) is 4.99 Å². The van der Waals surface area contributed by atoms with Crippen molar-refractivity contribution in [3.8, 4) is 5.75 Å². The largest absolute Gasteiger partial charge is 0.494 e. The van der Waals surface area contributed by atoms with Gasteiger partial charge in [-0.1, -0.05) is 31.5 Å². The number of ether oxygens (including phenoxy) is 1. The molecule has 0 saturated carbocycles. The van der Waals surface area contributed by atoms with Crippen LogP contribution < -0.4 is 4.74 Å². The van der Waals surface area contributed by atoms with Crippen molar-refractivity contribution in [2.45, 2.75) is 32.6 Å². The Morgan fingerprint density at radius 3 is 2.43 bits per heavy atom. The van der Waals surface area contributed by atoms with Gasteiger partial charge in [0.15, 0.2) is 0 Å². The molecule has 2 aromatic rings. The van der Waals surface area contributed by atoms with Gasteiger partial charge >= 0.3 is 0 Å². The van der Waals surface area contributed by atoms with Gasteiger partial charge in [0.1, 0.15) is 17.3 Å². The van der Waals surface area contributed by atoms with E-state index < -0.39 is 0 Å². The zero-order valence-corrected chi connectivity index (χ0v) is 14.0. The average Bonchev–Trinajstić information content (AvgIpc) is 2.57. The number of rotatable bonds is 8. The first-order valence-corrected chi connectivity index (χ1v) is 8.21. The van der Waals surface area contributed by atoms with Crippen molar-refractivity contribution in [3.63, 3.8) is 0 Å². The molecule has 0 fully saturated rings. The Balaban J connectivity index is 1.90. The molecule has 2 aromatic carbocycles. The van der Waals surface area contributed by atoms with Crippen LogP contribution in [0.2, 0.25) is 0 Å². The summed E-state index contributed by atoms with van der Waals surface area (Å²) in [6, 6.07) is 13.1. The number of halogens is 1. The average molecular weight is 329 g/mol. The van der Waals surface area contributed by atoms with Crippen molar-refractivity contribution < 1.29 is 9.13 Å². The number of hydrogen-bond donors (Lipinski definition) is 0. The van der Waals surface area contributed by atoms with Crippen LogP contribution in [0.15, 0.2) is 47.5 Å². The molecular formula is C19H20FNOS. The maximum Gasteiger partial charge on any atom is 0.149 e. The summed E-state index contributed by atoms with van der Waals surface area (Å²) in [6.45, 7) is 2.90. The summed E-state index contributed by atoms with van der Waals surface area (Å²) in [7, 11) is 0. The van der Waals surface area contributed by atoms with Crippen LogP contribution in [0, 0.1) is 5.82 Å². The van der Waals surface area contributed by atoms with Crippen LogP contribution in [0.4, 0.5) is 10.1 Å². The second kappa shape index (κ2) is 9.19. The Kier molecular flexibility index (Phi) is 6.92. The number of benzene rings is 2. The smallest absolute Gasteiger partial charge is 0.149 e. The maximum atomic E-state index is 13.8. The molecule has 0 unspecified atom stereocenters. The zero-order chi connectivity index (χ0) is 16.5. The van der Waals surface area contributed by atoms with E-state index in [-0.39, 0.29) is 11.5 Å². The van der Waals surface area contributed by atoms with Crippen molar-refractivity contribution in [1.29, 1.82) is 0 Å². The van der Waals surface area contributed by atoms with Crippen molar-refractivity contribution in [3.05, 3.63) is 59.4 Å². The predicted molar refractivity (Wildman–Crippen MR) is 95.3 cm³/mol. The molecule has 2 nitrogen and oxygen atoms in total. The van der Waals surface area contributed by atoms with Crippen LogP contribution >= 0.6 is 12.2 Å². The molecule has 4 heteroatoms. The summed E-state index contributed by atoms with van der Waals surface area (Å²) in [6.07, 6.45) is 3.82. The highest BCUT2D eigenvalue weighted by atomic mass is 32.1. The summed E-state index contributed by atoms with van der Waals surface area (Å²) < 4.78 is 19.4. The molecule has 0 heterocycles. The summed E-state index contributed by atoms with van der Waals surface area (Å²) in [4.78, 5) is 3.68. The highest BCUT2D eigenvalue weighted by Crippen LogP contribution is 2.20. The van der Waals surface area contributed by atoms with Crippen molar-refractivity contribution >= 4 is 23.1 Å². The maximum absolute atomic E-state index is 13.8. The molecule has 120 valence electrons. The lowest BCUT2D eigenvalue weighted by molar-refractivity contribution is 0.309. The fourth-order valence-electron chi connectivity index (χ4n) is 2.22. The molecule has 0 radical (unpaired) electrons. The molecule has 0 aliphatic heterocycles. The molecule has 0 aliphatic rings. The van der Waals surface area contributed by atoms with E-state index in [4.69, 9.17) is 4.74 Å². The molecule has 0 saturated heterocycles. The Morgan fingerprint density at radius 2 is 1.78 bits per heavy atom. The highest BCUT2D eigenvalue weighted by molar-refractivity contribution is 7.78. The molecule has 0 N–H and O–H groups in total. The Labute approximate surface area is 142 Å². The minimum absolute atomic E-state index is 0.234. The van der Waals surface area contributed by atoms with Crippen LogP contribution in [-0.4, -0.2) is 11.8 Å². The Hall–Kier alpha value is -2.03. The van der Waals surface area contributed by atoms with E-state index in [2.05, 4.69) is 41.4 Å². The van der Waals surface area contributed by atoms with Gasteiger partial charge in [0.05, 0.1) is 11.8 Å². The standard InChI is InChI=1S/C19H20FNOS/c1-2-3-12-22-17-9-6-15(7-10-17)4-5-16-8-11-19(21-14-23)18(20)13-16/h6-11,13H,2-5,12H2,1H3. The molecule has 0 atom stereocenters. The van der Waals surface area contributed by atoms with Gasteiger partial charge in [-0.15, -0.1) is 0 Å². The summed E-state index contributed by atoms with van der Waals surface area (Å²) >= 11 is 4.49. The van der Waals surface area contributed by atoms with Crippen LogP contribution in [0.5, 0.6) is 5.75 Å². The quantitative estimate of drug-likeness (QED) is 0.361. The third kappa shape index (κ3) is 5.59. The topological polar surface area (TPSA) is 21.6 Å². The summed E-state index contributed by atoms with van der Waals surface area (Å²) in [5, 5.41) is 2.18. The minimum Gasteiger partial charge on any atom is -0.494 e. The fourth-order valence-corrected chi connectivity index (χ4v) is 2.32. The molecule has 23 heavy (non-hydrogen) atoms. The number of isothiocyanates is 1. The van der Waals surface area contributed by atoms with E-state index in [1.165, 1.54) is 11.6 Å². The first-order chi connectivity index (χ1) is 11.2. The van der Waals surface area contributed by atoms with Crippen LogP contribution in [0.1, 0.15) is 30.9 Å². The van der Waals surface area contributed by atoms with Gasteiger partial charge in [0.25, 0.3) is 0 Å². The van der Waals surface area contributed by atoms with Gasteiger partial charge < -0.3 is 4.74 Å². The third-order valence-corrected chi connectivity index (χ3v) is 3.66. The molecule has 0 spiro atoms. The second-order valence-corrected chi connectivity index (χ2v) is 5.52. The lowest BCUT2D eigenvalue weighted by Crippen LogP contribution is -1.97. The Bertz CT molecular complexity index is 678. The number of aryl methyl sites for hydroxylation is 2. The summed E-state index contributed by atoms with van der Waals surface area (Å²) in [5.41, 5.74) is 2.38. The monoisotopic (exact) mass is 329 g/mol. The molecule has 0 aliphatic carbocycles. The molecule has 0 bridgehead atoms. The van der Waals surface area contributed by atoms with Crippen LogP contribution in [0.25, 0.3) is 0 Å². The van der Waals surface area contributed by atoms with Gasteiger partial charge in [-0.3, -0.25) is 0 Å². The molecular weight excluding hydrogens is 309 g/mol. The van der Waals surface area contributed by atoms with Gasteiger partial charge in [-0.25, -0.2) is 4.39 Å². The van der Waals surface area contributed by atoms with Crippen LogP contribution in [0.3, 0.4) is 0 Å².